The summed E-state index contributed by atoms with van der Waals surface area (Å²) in [6, 6.07) is 0. The van der Waals surface area contributed by atoms with Gasteiger partial charge in [-0.2, -0.15) is 0 Å². The van der Waals surface area contributed by atoms with E-state index in [2.05, 4.69) is 6.58 Å². The Hall–Kier alpha value is -1.57. The molecule has 2 nitrogen and oxygen atoms in total. The number of hydrogen-bond donors (Lipinski definition) is 0. The minimum absolute atomic E-state index is 0.750. The lowest BCUT2D eigenvalue weighted by Crippen LogP contribution is -1.93. The number of rotatable bonds is 3. The maximum absolute atomic E-state index is 10.9. The molecule has 1 aromatic rings. The molecule has 1 heterocycles. The summed E-state index contributed by atoms with van der Waals surface area (Å²) in [5.74, 6) is 0. The molecule has 0 amide bonds. The summed E-state index contributed by atoms with van der Waals surface area (Å²) in [4.78, 5) is 10.9. The van der Waals surface area contributed by atoms with Gasteiger partial charge in [-0.25, -0.2) is 0 Å². The van der Waals surface area contributed by atoms with Crippen molar-refractivity contribution in [2.24, 2.45) is 7.05 Å². The van der Waals surface area contributed by atoms with Gasteiger partial charge in [-0.05, 0) is 19.9 Å². The van der Waals surface area contributed by atoms with Crippen LogP contribution in [0.3, 0.4) is 0 Å². The van der Waals surface area contributed by atoms with Crippen LogP contribution >= 0.6 is 0 Å². The molecule has 0 fully saturated rings. The first-order valence-corrected chi connectivity index (χ1v) is 4.57. The average molecular weight is 189 g/mol. The minimum atomic E-state index is 0.750. The number of aromatic nitrogens is 1. The highest BCUT2D eigenvalue weighted by Gasteiger charge is 2.12. The van der Waals surface area contributed by atoms with Crippen LogP contribution in [0.2, 0.25) is 0 Å². The highest BCUT2D eigenvalue weighted by molar-refractivity contribution is 5.87. The van der Waals surface area contributed by atoms with E-state index in [1.165, 1.54) is 0 Å². The molecule has 0 aromatic carbocycles. The van der Waals surface area contributed by atoms with Gasteiger partial charge in [-0.3, -0.25) is 4.79 Å². The first-order valence-electron chi connectivity index (χ1n) is 4.57. The lowest BCUT2D eigenvalue weighted by atomic mass is 10.1. The first kappa shape index (κ1) is 10.5. The molecule has 1 rings (SSSR count). The van der Waals surface area contributed by atoms with Crippen molar-refractivity contribution in [3.8, 4) is 0 Å². The van der Waals surface area contributed by atoms with Crippen molar-refractivity contribution < 1.29 is 4.79 Å². The van der Waals surface area contributed by atoms with Crippen LogP contribution in [0, 0.1) is 6.92 Å². The number of nitrogens with zero attached hydrogens (tertiary/aromatic N) is 1. The molecule has 0 atom stereocenters. The number of aldehydes is 1. The van der Waals surface area contributed by atoms with Crippen molar-refractivity contribution in [1.82, 2.24) is 4.57 Å². The molecule has 74 valence electrons. The summed E-state index contributed by atoms with van der Waals surface area (Å²) in [5.41, 5.74) is 3.67. The van der Waals surface area contributed by atoms with Crippen LogP contribution < -0.4 is 0 Å². The van der Waals surface area contributed by atoms with Crippen molar-refractivity contribution in [2.75, 3.05) is 0 Å². The standard InChI is InChI=1S/C12H15NO/c1-5-7-10-11(8-14)9(3)13(4)12(10)6-2/h5-8H,2H2,1,3-4H3/b7-5-. The monoisotopic (exact) mass is 189 g/mol. The summed E-state index contributed by atoms with van der Waals surface area (Å²) >= 11 is 0. The average Bonchev–Trinajstić information content (AvgIpc) is 2.40. The van der Waals surface area contributed by atoms with E-state index in [1.807, 2.05) is 37.6 Å². The van der Waals surface area contributed by atoms with Gasteiger partial charge in [0.15, 0.2) is 6.29 Å². The lowest BCUT2D eigenvalue weighted by Gasteiger charge is -1.99. The van der Waals surface area contributed by atoms with Crippen LogP contribution in [0.5, 0.6) is 0 Å². The lowest BCUT2D eigenvalue weighted by molar-refractivity contribution is 0.112. The maximum Gasteiger partial charge on any atom is 0.152 e. The zero-order valence-corrected chi connectivity index (χ0v) is 8.87. The molecule has 0 radical (unpaired) electrons. The minimum Gasteiger partial charge on any atom is -0.347 e. The fraction of sp³-hybridized carbons (Fsp3) is 0.250. The fourth-order valence-electron chi connectivity index (χ4n) is 1.61. The van der Waals surface area contributed by atoms with E-state index in [0.29, 0.717) is 0 Å². The third-order valence-electron chi connectivity index (χ3n) is 2.46. The van der Waals surface area contributed by atoms with Crippen LogP contribution in [0.1, 0.15) is 34.2 Å². The van der Waals surface area contributed by atoms with E-state index in [1.54, 1.807) is 6.08 Å². The third-order valence-corrected chi connectivity index (χ3v) is 2.46. The second-order valence-electron chi connectivity index (χ2n) is 3.18. The normalized spacial score (nSPS) is 10.8. The summed E-state index contributed by atoms with van der Waals surface area (Å²) in [7, 11) is 1.94. The summed E-state index contributed by atoms with van der Waals surface area (Å²) in [6.07, 6.45) is 6.54. The van der Waals surface area contributed by atoms with Gasteiger partial charge in [-0.15, -0.1) is 0 Å². The molecule has 0 unspecified atom stereocenters. The van der Waals surface area contributed by atoms with Gasteiger partial charge in [0.2, 0.25) is 0 Å². The zero-order valence-electron chi connectivity index (χ0n) is 8.87. The maximum atomic E-state index is 10.9. The Labute approximate surface area is 84.6 Å². The first-order chi connectivity index (χ1) is 6.67. The zero-order chi connectivity index (χ0) is 10.7. The largest absolute Gasteiger partial charge is 0.347 e. The molecule has 2 heteroatoms. The summed E-state index contributed by atoms with van der Waals surface area (Å²) in [5, 5.41) is 0. The van der Waals surface area contributed by atoms with Crippen molar-refractivity contribution in [3.05, 3.63) is 35.2 Å². The van der Waals surface area contributed by atoms with E-state index in [0.717, 1.165) is 28.8 Å². The topological polar surface area (TPSA) is 22.0 Å². The highest BCUT2D eigenvalue weighted by Crippen LogP contribution is 2.22. The van der Waals surface area contributed by atoms with Gasteiger partial charge >= 0.3 is 0 Å². The predicted octanol–water partition coefficient (Wildman–Crippen LogP) is 2.82. The van der Waals surface area contributed by atoms with Crippen LogP contribution in [0.4, 0.5) is 0 Å². The summed E-state index contributed by atoms with van der Waals surface area (Å²) in [6.45, 7) is 7.62. The van der Waals surface area contributed by atoms with E-state index < -0.39 is 0 Å². The summed E-state index contributed by atoms with van der Waals surface area (Å²) < 4.78 is 1.98. The van der Waals surface area contributed by atoms with Crippen LogP contribution in [0.25, 0.3) is 12.2 Å². The molecular weight excluding hydrogens is 174 g/mol. The molecule has 0 saturated heterocycles. The number of carbonyl (C=O) groups excluding carboxylic acids is 1. The molecule has 0 N–H and O–H groups in total. The van der Waals surface area contributed by atoms with E-state index >= 15 is 0 Å². The Bertz CT molecular complexity index is 365. The van der Waals surface area contributed by atoms with Gasteiger partial charge in [0.1, 0.15) is 0 Å². The molecule has 0 saturated carbocycles. The van der Waals surface area contributed by atoms with Crippen molar-refractivity contribution in [2.45, 2.75) is 13.8 Å². The molecule has 14 heavy (non-hydrogen) atoms. The molecule has 0 spiro atoms. The third kappa shape index (κ3) is 1.43. The van der Waals surface area contributed by atoms with Crippen molar-refractivity contribution in [3.63, 3.8) is 0 Å². The van der Waals surface area contributed by atoms with Gasteiger partial charge < -0.3 is 4.57 Å². The Balaban J connectivity index is 3.56. The van der Waals surface area contributed by atoms with Crippen molar-refractivity contribution in [1.29, 1.82) is 0 Å². The van der Waals surface area contributed by atoms with Crippen LogP contribution in [-0.4, -0.2) is 10.9 Å². The molecule has 1 aromatic heterocycles. The van der Waals surface area contributed by atoms with Crippen LogP contribution in [-0.2, 0) is 7.05 Å². The highest BCUT2D eigenvalue weighted by atomic mass is 16.1. The van der Waals surface area contributed by atoms with E-state index in [-0.39, 0.29) is 0 Å². The number of carbonyl (C=O) groups is 1. The Morgan fingerprint density at radius 1 is 1.36 bits per heavy atom. The Kier molecular flexibility index (Phi) is 3.07. The molecular formula is C12H15NO. The van der Waals surface area contributed by atoms with Gasteiger partial charge in [0.05, 0.1) is 0 Å². The van der Waals surface area contributed by atoms with Crippen LogP contribution in [0.15, 0.2) is 12.7 Å². The quantitative estimate of drug-likeness (QED) is 0.670. The fourth-order valence-corrected chi connectivity index (χ4v) is 1.61. The Morgan fingerprint density at radius 3 is 2.43 bits per heavy atom. The molecule has 0 aliphatic rings. The molecule has 0 aliphatic carbocycles. The predicted molar refractivity (Wildman–Crippen MR) is 60.3 cm³/mol. The SMILES string of the molecule is C=Cc1c(/C=C\C)c(C=O)c(C)n1C. The second-order valence-corrected chi connectivity index (χ2v) is 3.18. The van der Waals surface area contributed by atoms with Gasteiger partial charge in [-0.1, -0.05) is 18.7 Å². The number of hydrogen-bond acceptors (Lipinski definition) is 1. The van der Waals surface area contributed by atoms with Gasteiger partial charge in [0.25, 0.3) is 0 Å². The second kappa shape index (κ2) is 4.09. The molecule has 0 bridgehead atoms. The van der Waals surface area contributed by atoms with Crippen molar-refractivity contribution >= 4 is 18.4 Å². The van der Waals surface area contributed by atoms with E-state index in [4.69, 9.17) is 0 Å². The van der Waals surface area contributed by atoms with Gasteiger partial charge in [0, 0.05) is 29.6 Å². The number of allylic oxidation sites excluding steroid dienone is 1. The molecule has 0 aliphatic heterocycles. The Morgan fingerprint density at radius 2 is 2.00 bits per heavy atom. The van der Waals surface area contributed by atoms with E-state index in [9.17, 15) is 4.79 Å². The smallest absolute Gasteiger partial charge is 0.152 e.